The van der Waals surface area contributed by atoms with Gasteiger partial charge < -0.3 is 5.73 Å². The average Bonchev–Trinajstić information content (AvgIpc) is 2.45. The molecular formula is C14H7BrClNO4S. The third kappa shape index (κ3) is 2.08. The summed E-state index contributed by atoms with van der Waals surface area (Å²) in [6.45, 7) is 0. The number of rotatable bonds is 1. The van der Waals surface area contributed by atoms with Crippen molar-refractivity contribution in [2.24, 2.45) is 0 Å². The Morgan fingerprint density at radius 2 is 1.50 bits per heavy atom. The van der Waals surface area contributed by atoms with E-state index in [1.807, 2.05) is 0 Å². The summed E-state index contributed by atoms with van der Waals surface area (Å²) >= 11 is 3.13. The van der Waals surface area contributed by atoms with Gasteiger partial charge in [0, 0.05) is 26.3 Å². The van der Waals surface area contributed by atoms with E-state index in [0.29, 0.717) is 0 Å². The molecule has 0 amide bonds. The molecule has 0 saturated heterocycles. The summed E-state index contributed by atoms with van der Waals surface area (Å²) in [6, 6.07) is 7.42. The fraction of sp³-hybridized carbons (Fsp3) is 0. The molecule has 2 aromatic carbocycles. The van der Waals surface area contributed by atoms with Crippen LogP contribution in [0.25, 0.3) is 0 Å². The smallest absolute Gasteiger partial charge is 0.263 e. The zero-order valence-electron chi connectivity index (χ0n) is 10.8. The van der Waals surface area contributed by atoms with Crippen molar-refractivity contribution in [2.75, 3.05) is 5.73 Å². The fourth-order valence-corrected chi connectivity index (χ4v) is 4.22. The van der Waals surface area contributed by atoms with Crippen LogP contribution in [-0.2, 0) is 9.05 Å². The minimum Gasteiger partial charge on any atom is -0.397 e. The number of fused-ring (bicyclic) bond motifs is 2. The third-order valence-corrected chi connectivity index (χ3v) is 5.40. The number of carbonyl (C=O) groups is 2. The molecule has 1 aliphatic rings. The van der Waals surface area contributed by atoms with E-state index in [2.05, 4.69) is 15.9 Å². The lowest BCUT2D eigenvalue weighted by atomic mass is 9.83. The molecule has 22 heavy (non-hydrogen) atoms. The van der Waals surface area contributed by atoms with Crippen LogP contribution in [0.4, 0.5) is 5.69 Å². The summed E-state index contributed by atoms with van der Waals surface area (Å²) in [5, 5.41) is 0. The Balaban J connectivity index is 2.44. The highest BCUT2D eigenvalue weighted by Crippen LogP contribution is 2.39. The van der Waals surface area contributed by atoms with Gasteiger partial charge in [-0.3, -0.25) is 9.59 Å². The Bertz CT molecular complexity index is 969. The molecule has 8 heteroatoms. The molecule has 0 aliphatic heterocycles. The SMILES string of the molecule is Nc1c(S(=O)(=O)Cl)cc(Br)c2c1C(=O)c1ccccc1C2=O. The zero-order valence-corrected chi connectivity index (χ0v) is 13.9. The molecule has 5 nitrogen and oxygen atoms in total. The standard InChI is InChI=1S/C14H7BrClNO4S/c15-8-5-9(22(16,20)21)12(17)11-10(8)13(18)6-3-1-2-4-7(6)14(11)19/h1-5H,17H2. The molecule has 0 radical (unpaired) electrons. The van der Waals surface area contributed by atoms with Gasteiger partial charge in [-0.25, -0.2) is 8.42 Å². The van der Waals surface area contributed by atoms with Gasteiger partial charge in [0.1, 0.15) is 4.90 Å². The number of nitrogens with two attached hydrogens (primary N) is 1. The maximum Gasteiger partial charge on any atom is 0.263 e. The molecule has 112 valence electrons. The predicted octanol–water partition coefficient (Wildman–Crippen LogP) is 2.73. The molecule has 3 rings (SSSR count). The Labute approximate surface area is 138 Å². The normalized spacial score (nSPS) is 13.7. The van der Waals surface area contributed by atoms with E-state index in [0.717, 1.165) is 6.07 Å². The van der Waals surface area contributed by atoms with Crippen LogP contribution in [0.2, 0.25) is 0 Å². The van der Waals surface area contributed by atoms with Crippen molar-refractivity contribution in [1.82, 2.24) is 0 Å². The summed E-state index contributed by atoms with van der Waals surface area (Å²) in [4.78, 5) is 24.8. The van der Waals surface area contributed by atoms with E-state index in [-0.39, 0.29) is 32.4 Å². The number of hydrogen-bond acceptors (Lipinski definition) is 5. The zero-order chi connectivity index (χ0) is 16.2. The van der Waals surface area contributed by atoms with Crippen LogP contribution in [0.15, 0.2) is 39.7 Å². The predicted molar refractivity (Wildman–Crippen MR) is 84.9 cm³/mol. The second kappa shape index (κ2) is 4.91. The Morgan fingerprint density at radius 3 is 2.00 bits per heavy atom. The highest BCUT2D eigenvalue weighted by atomic mass is 79.9. The number of anilines is 1. The second-order valence-corrected chi connectivity index (χ2v) is 8.05. The molecule has 1 aliphatic carbocycles. The maximum atomic E-state index is 12.6. The fourth-order valence-electron chi connectivity index (χ4n) is 2.45. The second-order valence-electron chi connectivity index (χ2n) is 4.66. The van der Waals surface area contributed by atoms with Gasteiger partial charge in [0.25, 0.3) is 9.05 Å². The van der Waals surface area contributed by atoms with Crippen molar-refractivity contribution in [1.29, 1.82) is 0 Å². The van der Waals surface area contributed by atoms with E-state index in [4.69, 9.17) is 16.4 Å². The first-order valence-electron chi connectivity index (χ1n) is 5.98. The lowest BCUT2D eigenvalue weighted by Crippen LogP contribution is -2.24. The molecule has 0 atom stereocenters. The first-order valence-corrected chi connectivity index (χ1v) is 9.08. The largest absolute Gasteiger partial charge is 0.397 e. The van der Waals surface area contributed by atoms with Gasteiger partial charge in [-0.2, -0.15) is 0 Å². The maximum absolute atomic E-state index is 12.6. The van der Waals surface area contributed by atoms with Gasteiger partial charge in [-0.15, -0.1) is 0 Å². The number of benzene rings is 2. The number of nitrogen functional groups attached to an aromatic ring is 1. The summed E-state index contributed by atoms with van der Waals surface area (Å²) < 4.78 is 23.3. The number of halogens is 2. The van der Waals surface area contributed by atoms with Crippen molar-refractivity contribution in [2.45, 2.75) is 4.90 Å². The van der Waals surface area contributed by atoms with Crippen molar-refractivity contribution in [3.8, 4) is 0 Å². The Kier molecular flexibility index (Phi) is 3.39. The highest BCUT2D eigenvalue weighted by molar-refractivity contribution is 9.10. The van der Waals surface area contributed by atoms with Crippen LogP contribution < -0.4 is 5.73 Å². The van der Waals surface area contributed by atoms with Crippen LogP contribution >= 0.6 is 26.6 Å². The van der Waals surface area contributed by atoms with E-state index < -0.39 is 25.5 Å². The van der Waals surface area contributed by atoms with Gasteiger partial charge in [0.05, 0.1) is 16.8 Å². The molecule has 0 aromatic heterocycles. The van der Waals surface area contributed by atoms with E-state index in [1.165, 1.54) is 12.1 Å². The quantitative estimate of drug-likeness (QED) is 0.501. The van der Waals surface area contributed by atoms with Crippen LogP contribution in [0, 0.1) is 0 Å². The lowest BCUT2D eigenvalue weighted by molar-refractivity contribution is 0.0979. The summed E-state index contributed by atoms with van der Waals surface area (Å²) in [7, 11) is 1.18. The molecule has 0 heterocycles. The highest BCUT2D eigenvalue weighted by Gasteiger charge is 2.35. The van der Waals surface area contributed by atoms with Gasteiger partial charge in [0.15, 0.2) is 11.6 Å². The molecule has 0 spiro atoms. The van der Waals surface area contributed by atoms with Crippen LogP contribution in [0.1, 0.15) is 31.8 Å². The Hall–Kier alpha value is -1.70. The first kappa shape index (κ1) is 15.2. The van der Waals surface area contributed by atoms with Crippen LogP contribution in [0.5, 0.6) is 0 Å². The molecule has 2 N–H and O–H groups in total. The molecular weight excluding hydrogens is 394 g/mol. The van der Waals surface area contributed by atoms with Crippen molar-refractivity contribution < 1.29 is 18.0 Å². The first-order chi connectivity index (χ1) is 10.2. The van der Waals surface area contributed by atoms with Gasteiger partial charge in [0.2, 0.25) is 0 Å². The Morgan fingerprint density at radius 1 is 1.00 bits per heavy atom. The van der Waals surface area contributed by atoms with Crippen LogP contribution in [-0.4, -0.2) is 20.0 Å². The van der Waals surface area contributed by atoms with Crippen molar-refractivity contribution >= 4 is 52.9 Å². The molecule has 0 bridgehead atoms. The van der Waals surface area contributed by atoms with Gasteiger partial charge in [-0.1, -0.05) is 24.3 Å². The van der Waals surface area contributed by atoms with E-state index in [9.17, 15) is 18.0 Å². The molecule has 0 saturated carbocycles. The van der Waals surface area contributed by atoms with E-state index >= 15 is 0 Å². The number of hydrogen-bond donors (Lipinski definition) is 1. The number of ketones is 2. The average molecular weight is 401 g/mol. The van der Waals surface area contributed by atoms with Crippen molar-refractivity contribution in [3.05, 3.63) is 57.1 Å². The lowest BCUT2D eigenvalue weighted by Gasteiger charge is -2.21. The molecule has 2 aromatic rings. The molecule has 0 fully saturated rings. The minimum atomic E-state index is -4.15. The topological polar surface area (TPSA) is 94.3 Å². The van der Waals surface area contributed by atoms with E-state index in [1.54, 1.807) is 12.1 Å². The monoisotopic (exact) mass is 399 g/mol. The van der Waals surface area contributed by atoms with Crippen molar-refractivity contribution in [3.63, 3.8) is 0 Å². The summed E-state index contributed by atoms with van der Waals surface area (Å²) in [6.07, 6.45) is 0. The third-order valence-electron chi connectivity index (χ3n) is 3.41. The summed E-state index contributed by atoms with van der Waals surface area (Å²) in [5.41, 5.74) is 5.83. The van der Waals surface area contributed by atoms with Gasteiger partial charge in [-0.05, 0) is 22.0 Å². The number of carbonyl (C=O) groups excluding carboxylic acids is 2. The van der Waals surface area contributed by atoms with Crippen LogP contribution in [0.3, 0.4) is 0 Å². The summed E-state index contributed by atoms with van der Waals surface area (Å²) in [5.74, 6) is -0.909. The molecule has 0 unspecified atom stereocenters. The minimum absolute atomic E-state index is 0.0465. The van der Waals surface area contributed by atoms with Gasteiger partial charge >= 0.3 is 0 Å².